The monoisotopic (exact) mass is 522 g/mol. The predicted octanol–water partition coefficient (Wildman–Crippen LogP) is 5.06. The minimum atomic E-state index is -0.626. The zero-order valence-electron chi connectivity index (χ0n) is 22.4. The van der Waals surface area contributed by atoms with Crippen LogP contribution in [0.25, 0.3) is 38.9 Å². The summed E-state index contributed by atoms with van der Waals surface area (Å²) in [4.78, 5) is 29.0. The number of hydrogen-bond donors (Lipinski definition) is 2. The number of alkyl carbamates (subject to hydrolysis) is 1. The molecule has 0 bridgehead atoms. The zero-order chi connectivity index (χ0) is 27.6. The van der Waals surface area contributed by atoms with E-state index < -0.39 is 11.7 Å². The van der Waals surface area contributed by atoms with Crippen LogP contribution in [0.5, 0.6) is 0 Å². The third kappa shape index (κ3) is 5.87. The Labute approximate surface area is 226 Å². The molecule has 5 aromatic rings. The van der Waals surface area contributed by atoms with E-state index in [4.69, 9.17) is 9.72 Å². The van der Waals surface area contributed by atoms with Gasteiger partial charge in [0, 0.05) is 29.3 Å². The molecular formula is C30H30N6O3. The number of fused-ring (bicyclic) bond motifs is 3. The lowest BCUT2D eigenvalue weighted by Gasteiger charge is -2.19. The number of hydrogen-bond acceptors (Lipinski definition) is 6. The molecule has 0 aliphatic carbocycles. The standard InChI is InChI=1S/C30H30N6O3/c1-19-34-35-28-24-16-23(21-8-6-5-7-9-21)27(33-25(24)14-15-36(19)28)22-12-10-20(11-13-22)17-31-26(37)18-32-29(38)39-30(2,3)4/h5-16H,17-18H2,1-4H3,(H,31,37)(H,32,38). The Morgan fingerprint density at radius 3 is 2.38 bits per heavy atom. The lowest BCUT2D eigenvalue weighted by molar-refractivity contribution is -0.120. The molecule has 0 radical (unpaired) electrons. The second-order valence-corrected chi connectivity index (χ2v) is 10.3. The van der Waals surface area contributed by atoms with Crippen LogP contribution in [-0.4, -0.2) is 43.7 Å². The minimum Gasteiger partial charge on any atom is -0.444 e. The predicted molar refractivity (Wildman–Crippen MR) is 150 cm³/mol. The highest BCUT2D eigenvalue weighted by atomic mass is 16.6. The summed E-state index contributed by atoms with van der Waals surface area (Å²) in [7, 11) is 0. The molecule has 0 fully saturated rings. The summed E-state index contributed by atoms with van der Waals surface area (Å²) in [5, 5.41) is 14.8. The summed E-state index contributed by atoms with van der Waals surface area (Å²) in [6.45, 7) is 7.39. The summed E-state index contributed by atoms with van der Waals surface area (Å²) >= 11 is 0. The molecule has 0 atom stereocenters. The van der Waals surface area contributed by atoms with E-state index in [2.05, 4.69) is 39.0 Å². The maximum Gasteiger partial charge on any atom is 0.408 e. The number of amides is 2. The number of ether oxygens (including phenoxy) is 1. The Balaban J connectivity index is 1.37. The van der Waals surface area contributed by atoms with Crippen molar-refractivity contribution in [3.05, 3.63) is 84.3 Å². The van der Waals surface area contributed by atoms with Crippen LogP contribution in [0.2, 0.25) is 0 Å². The van der Waals surface area contributed by atoms with Gasteiger partial charge in [0.15, 0.2) is 5.65 Å². The third-order valence-corrected chi connectivity index (χ3v) is 6.13. The van der Waals surface area contributed by atoms with E-state index in [0.717, 1.165) is 50.3 Å². The van der Waals surface area contributed by atoms with Crippen LogP contribution >= 0.6 is 0 Å². The van der Waals surface area contributed by atoms with Crippen LogP contribution in [0.15, 0.2) is 72.9 Å². The van der Waals surface area contributed by atoms with Gasteiger partial charge in [-0.2, -0.15) is 0 Å². The van der Waals surface area contributed by atoms with Gasteiger partial charge in [-0.05, 0) is 51.0 Å². The maximum absolute atomic E-state index is 12.2. The van der Waals surface area contributed by atoms with Gasteiger partial charge < -0.3 is 15.4 Å². The number of rotatable bonds is 6. The van der Waals surface area contributed by atoms with E-state index in [-0.39, 0.29) is 12.5 Å². The van der Waals surface area contributed by atoms with Gasteiger partial charge in [-0.15, -0.1) is 10.2 Å². The van der Waals surface area contributed by atoms with E-state index in [1.807, 2.05) is 66.1 Å². The number of benzene rings is 2. The van der Waals surface area contributed by atoms with Crippen molar-refractivity contribution < 1.29 is 14.3 Å². The number of nitrogens with one attached hydrogen (secondary N) is 2. The van der Waals surface area contributed by atoms with Crippen molar-refractivity contribution >= 4 is 28.6 Å². The molecule has 0 saturated heterocycles. The van der Waals surface area contributed by atoms with Gasteiger partial charge in [0.05, 0.1) is 11.2 Å². The Morgan fingerprint density at radius 2 is 1.67 bits per heavy atom. The third-order valence-electron chi connectivity index (χ3n) is 6.13. The van der Waals surface area contributed by atoms with Crippen molar-refractivity contribution in [3.63, 3.8) is 0 Å². The fourth-order valence-corrected chi connectivity index (χ4v) is 4.28. The Morgan fingerprint density at radius 1 is 0.923 bits per heavy atom. The zero-order valence-corrected chi connectivity index (χ0v) is 22.4. The highest BCUT2D eigenvalue weighted by molar-refractivity contribution is 5.98. The van der Waals surface area contributed by atoms with E-state index in [1.54, 1.807) is 20.8 Å². The number of nitrogens with zero attached hydrogens (tertiary/aromatic N) is 4. The fourth-order valence-electron chi connectivity index (χ4n) is 4.28. The second-order valence-electron chi connectivity index (χ2n) is 10.3. The summed E-state index contributed by atoms with van der Waals surface area (Å²) in [6, 6.07) is 22.2. The van der Waals surface area contributed by atoms with E-state index >= 15 is 0 Å². The van der Waals surface area contributed by atoms with Crippen LogP contribution in [-0.2, 0) is 16.1 Å². The Hall–Kier alpha value is -4.79. The molecule has 9 heteroatoms. The molecule has 3 heterocycles. The molecule has 2 aromatic carbocycles. The van der Waals surface area contributed by atoms with Crippen molar-refractivity contribution in [1.82, 2.24) is 30.2 Å². The molecule has 0 aliphatic heterocycles. The van der Waals surface area contributed by atoms with Gasteiger partial charge >= 0.3 is 6.09 Å². The van der Waals surface area contributed by atoms with Crippen LogP contribution in [0.1, 0.15) is 32.2 Å². The molecular weight excluding hydrogens is 492 g/mol. The molecule has 0 unspecified atom stereocenters. The lowest BCUT2D eigenvalue weighted by Crippen LogP contribution is -2.39. The number of carbonyl (C=O) groups excluding carboxylic acids is 2. The van der Waals surface area contributed by atoms with Crippen molar-refractivity contribution in [3.8, 4) is 22.4 Å². The first-order valence-electron chi connectivity index (χ1n) is 12.7. The van der Waals surface area contributed by atoms with E-state index in [1.165, 1.54) is 0 Å². The Kier molecular flexibility index (Phi) is 6.98. The second kappa shape index (κ2) is 10.5. The highest BCUT2D eigenvalue weighted by Gasteiger charge is 2.17. The molecule has 2 amide bonds. The molecule has 39 heavy (non-hydrogen) atoms. The van der Waals surface area contributed by atoms with Crippen LogP contribution < -0.4 is 10.6 Å². The quantitative estimate of drug-likeness (QED) is 0.323. The molecule has 2 N–H and O–H groups in total. The van der Waals surface area contributed by atoms with Crippen LogP contribution in [0, 0.1) is 6.92 Å². The maximum atomic E-state index is 12.2. The molecule has 0 aliphatic rings. The van der Waals surface area contributed by atoms with Crippen molar-refractivity contribution in [2.75, 3.05) is 6.54 Å². The first-order valence-corrected chi connectivity index (χ1v) is 12.7. The topological polar surface area (TPSA) is 111 Å². The smallest absolute Gasteiger partial charge is 0.408 e. The van der Waals surface area contributed by atoms with E-state index in [9.17, 15) is 9.59 Å². The van der Waals surface area contributed by atoms with Crippen LogP contribution in [0.4, 0.5) is 4.79 Å². The van der Waals surface area contributed by atoms with Gasteiger partial charge in [0.2, 0.25) is 5.91 Å². The van der Waals surface area contributed by atoms with Gasteiger partial charge in [0.25, 0.3) is 0 Å². The summed E-state index contributed by atoms with van der Waals surface area (Å²) in [5.74, 6) is 0.517. The Bertz CT molecular complexity index is 1650. The molecule has 0 saturated carbocycles. The molecule has 198 valence electrons. The minimum absolute atomic E-state index is 0.159. The van der Waals surface area contributed by atoms with Crippen molar-refractivity contribution in [2.24, 2.45) is 0 Å². The summed E-state index contributed by atoms with van der Waals surface area (Å²) in [6.07, 6.45) is 1.31. The van der Waals surface area contributed by atoms with E-state index in [0.29, 0.717) is 6.54 Å². The number of pyridine rings is 2. The molecule has 0 spiro atoms. The fraction of sp³-hybridized carbons (Fsp3) is 0.233. The average Bonchev–Trinajstić information content (AvgIpc) is 3.31. The first kappa shape index (κ1) is 25.8. The van der Waals surface area contributed by atoms with Gasteiger partial charge in [-0.25, -0.2) is 9.78 Å². The highest BCUT2D eigenvalue weighted by Crippen LogP contribution is 2.34. The molecule has 9 nitrogen and oxygen atoms in total. The molecule has 5 rings (SSSR count). The van der Waals surface area contributed by atoms with Gasteiger partial charge in [0.1, 0.15) is 18.0 Å². The number of aryl methyl sites for hydroxylation is 1. The van der Waals surface area contributed by atoms with Gasteiger partial charge in [-0.3, -0.25) is 9.20 Å². The largest absolute Gasteiger partial charge is 0.444 e. The first-order chi connectivity index (χ1) is 18.7. The summed E-state index contributed by atoms with van der Waals surface area (Å²) in [5.41, 5.74) is 5.75. The van der Waals surface area contributed by atoms with Crippen LogP contribution in [0.3, 0.4) is 0 Å². The number of aromatic nitrogens is 4. The average molecular weight is 523 g/mol. The number of carbonyl (C=O) groups is 2. The molecule has 3 aromatic heterocycles. The summed E-state index contributed by atoms with van der Waals surface area (Å²) < 4.78 is 7.12. The normalized spacial score (nSPS) is 11.5. The van der Waals surface area contributed by atoms with Crippen molar-refractivity contribution in [1.29, 1.82) is 0 Å². The van der Waals surface area contributed by atoms with Crippen molar-refractivity contribution in [2.45, 2.75) is 39.8 Å². The SMILES string of the molecule is Cc1nnc2c3cc(-c4ccccc4)c(-c4ccc(CNC(=O)CNC(=O)OC(C)(C)C)cc4)nc3ccn12. The van der Waals surface area contributed by atoms with Gasteiger partial charge in [-0.1, -0.05) is 54.6 Å². The lowest BCUT2D eigenvalue weighted by atomic mass is 9.97.